The number of ether oxygens (including phenoxy) is 3. The monoisotopic (exact) mass is 495 g/mol. The second-order valence-electron chi connectivity index (χ2n) is 8.31. The number of nitrogens with zero attached hydrogens (tertiary/aromatic N) is 5. The number of fused-ring (bicyclic) bond motifs is 1. The van der Waals surface area contributed by atoms with Crippen molar-refractivity contribution in [2.75, 3.05) is 14.2 Å². The minimum Gasteiger partial charge on any atom is -0.497 e. The average molecular weight is 496 g/mol. The Labute approximate surface area is 214 Å². The standard InChI is InChI=1S/C28H25N5O4/c1-35-23-10-7-19(8-11-23)14-22(18-30)28(34)37-24-12-9-20(16-25(24)36-2)15-21(17-29)27-32-31-26-6-4-3-5-13-33(26)27/h7-12,14-16H,3-6,13H2,1-2H3. The van der Waals surface area contributed by atoms with Crippen LogP contribution in [0.1, 0.15) is 42.0 Å². The van der Waals surface area contributed by atoms with Crippen LogP contribution in [0.3, 0.4) is 0 Å². The van der Waals surface area contributed by atoms with Gasteiger partial charge in [0.25, 0.3) is 0 Å². The minimum absolute atomic E-state index is 0.149. The molecule has 1 aromatic heterocycles. The molecule has 37 heavy (non-hydrogen) atoms. The Morgan fingerprint density at radius 2 is 1.70 bits per heavy atom. The summed E-state index contributed by atoms with van der Waals surface area (Å²) in [7, 11) is 3.00. The molecule has 0 aliphatic carbocycles. The SMILES string of the molecule is COc1ccc(C=C(C#N)C(=O)Oc2ccc(C=C(C#N)c3nnc4n3CCCCC4)cc2OC)cc1. The van der Waals surface area contributed by atoms with Crippen LogP contribution in [0.25, 0.3) is 17.7 Å². The molecule has 0 N–H and O–H groups in total. The highest BCUT2D eigenvalue weighted by atomic mass is 16.6. The largest absolute Gasteiger partial charge is 0.497 e. The second kappa shape index (κ2) is 11.7. The third-order valence-corrected chi connectivity index (χ3v) is 5.94. The van der Waals surface area contributed by atoms with E-state index in [1.54, 1.807) is 55.7 Å². The molecule has 0 fully saturated rings. The van der Waals surface area contributed by atoms with Gasteiger partial charge in [-0.2, -0.15) is 10.5 Å². The van der Waals surface area contributed by atoms with Gasteiger partial charge in [-0.05, 0) is 60.4 Å². The summed E-state index contributed by atoms with van der Waals surface area (Å²) in [5.74, 6) is 1.71. The zero-order valence-corrected chi connectivity index (χ0v) is 20.6. The van der Waals surface area contributed by atoms with Crippen LogP contribution in [0.5, 0.6) is 17.2 Å². The van der Waals surface area contributed by atoms with Crippen LogP contribution in [0.4, 0.5) is 0 Å². The van der Waals surface area contributed by atoms with Crippen LogP contribution in [0.15, 0.2) is 48.0 Å². The number of aryl methyl sites for hydroxylation is 1. The van der Waals surface area contributed by atoms with Crippen molar-refractivity contribution in [2.45, 2.75) is 32.2 Å². The predicted octanol–water partition coefficient (Wildman–Crippen LogP) is 4.60. The Bertz CT molecular complexity index is 1440. The van der Waals surface area contributed by atoms with Crippen molar-refractivity contribution in [1.29, 1.82) is 10.5 Å². The van der Waals surface area contributed by atoms with Gasteiger partial charge < -0.3 is 18.8 Å². The first kappa shape index (κ1) is 25.2. The highest BCUT2D eigenvalue weighted by molar-refractivity contribution is 5.99. The lowest BCUT2D eigenvalue weighted by atomic mass is 10.1. The smallest absolute Gasteiger partial charge is 0.354 e. The van der Waals surface area contributed by atoms with E-state index in [1.807, 2.05) is 10.6 Å². The number of benzene rings is 2. The van der Waals surface area contributed by atoms with Gasteiger partial charge in [-0.3, -0.25) is 0 Å². The van der Waals surface area contributed by atoms with Gasteiger partial charge in [0, 0.05) is 13.0 Å². The number of hydrogen-bond donors (Lipinski definition) is 0. The number of nitriles is 2. The lowest BCUT2D eigenvalue weighted by Gasteiger charge is -2.10. The molecule has 0 bridgehead atoms. The summed E-state index contributed by atoms with van der Waals surface area (Å²) in [5, 5.41) is 27.9. The molecule has 2 heterocycles. The van der Waals surface area contributed by atoms with E-state index in [0.29, 0.717) is 28.3 Å². The van der Waals surface area contributed by atoms with Gasteiger partial charge in [-0.1, -0.05) is 24.6 Å². The summed E-state index contributed by atoms with van der Waals surface area (Å²) >= 11 is 0. The summed E-state index contributed by atoms with van der Waals surface area (Å²) in [4.78, 5) is 12.7. The Hall–Kier alpha value is -4.89. The maximum atomic E-state index is 12.7. The summed E-state index contributed by atoms with van der Waals surface area (Å²) in [5.41, 5.74) is 1.52. The molecule has 4 rings (SSSR count). The highest BCUT2D eigenvalue weighted by Gasteiger charge is 2.19. The number of methoxy groups -OCH3 is 2. The zero-order valence-electron chi connectivity index (χ0n) is 20.6. The van der Waals surface area contributed by atoms with Gasteiger partial charge in [-0.15, -0.1) is 10.2 Å². The Morgan fingerprint density at radius 3 is 2.41 bits per heavy atom. The molecule has 1 aliphatic heterocycles. The topological polar surface area (TPSA) is 123 Å². The van der Waals surface area contributed by atoms with Gasteiger partial charge in [0.05, 0.1) is 19.8 Å². The third kappa shape index (κ3) is 5.85. The summed E-state index contributed by atoms with van der Waals surface area (Å²) in [6.45, 7) is 0.778. The fourth-order valence-corrected chi connectivity index (χ4v) is 4.01. The molecule has 0 radical (unpaired) electrons. The van der Waals surface area contributed by atoms with E-state index in [4.69, 9.17) is 14.2 Å². The van der Waals surface area contributed by atoms with Crippen LogP contribution >= 0.6 is 0 Å². The number of carbonyl (C=O) groups is 1. The fourth-order valence-electron chi connectivity index (χ4n) is 4.01. The Balaban J connectivity index is 1.57. The number of esters is 1. The molecule has 0 amide bonds. The van der Waals surface area contributed by atoms with E-state index in [2.05, 4.69) is 16.3 Å². The normalized spacial score (nSPS) is 13.5. The number of rotatable bonds is 7. The molecule has 1 aliphatic rings. The lowest BCUT2D eigenvalue weighted by molar-refractivity contribution is -0.129. The maximum Gasteiger partial charge on any atom is 0.354 e. The molecule has 0 unspecified atom stereocenters. The van der Waals surface area contributed by atoms with Crippen LogP contribution in [-0.2, 0) is 17.8 Å². The highest BCUT2D eigenvalue weighted by Crippen LogP contribution is 2.31. The lowest BCUT2D eigenvalue weighted by Crippen LogP contribution is -2.11. The maximum absolute atomic E-state index is 12.7. The molecule has 3 aromatic rings. The van der Waals surface area contributed by atoms with Crippen molar-refractivity contribution >= 4 is 23.7 Å². The van der Waals surface area contributed by atoms with Gasteiger partial charge >= 0.3 is 5.97 Å². The number of hydrogen-bond acceptors (Lipinski definition) is 8. The first-order chi connectivity index (χ1) is 18.1. The van der Waals surface area contributed by atoms with Gasteiger partial charge in [0.1, 0.15) is 29.3 Å². The van der Waals surface area contributed by atoms with Crippen LogP contribution in [0, 0.1) is 22.7 Å². The summed E-state index contributed by atoms with van der Waals surface area (Å²) in [6.07, 6.45) is 7.17. The second-order valence-corrected chi connectivity index (χ2v) is 8.31. The van der Waals surface area contributed by atoms with Crippen LogP contribution < -0.4 is 14.2 Å². The molecular weight excluding hydrogens is 470 g/mol. The number of aromatic nitrogens is 3. The number of allylic oxidation sites excluding steroid dienone is 1. The van der Waals surface area contributed by atoms with Crippen LogP contribution in [-0.4, -0.2) is 35.0 Å². The fraction of sp³-hybridized carbons (Fsp3) is 0.250. The first-order valence-electron chi connectivity index (χ1n) is 11.8. The van der Waals surface area contributed by atoms with E-state index >= 15 is 0 Å². The van der Waals surface area contributed by atoms with E-state index in [9.17, 15) is 15.3 Å². The molecule has 0 spiro atoms. The minimum atomic E-state index is -0.816. The summed E-state index contributed by atoms with van der Waals surface area (Å²) in [6, 6.07) is 15.9. The van der Waals surface area contributed by atoms with Crippen molar-refractivity contribution in [3.63, 3.8) is 0 Å². The van der Waals surface area contributed by atoms with Gasteiger partial charge in [0.2, 0.25) is 0 Å². The van der Waals surface area contributed by atoms with Gasteiger partial charge in [0.15, 0.2) is 17.3 Å². The van der Waals surface area contributed by atoms with Crippen molar-refractivity contribution < 1.29 is 19.0 Å². The van der Waals surface area contributed by atoms with Crippen LogP contribution in [0.2, 0.25) is 0 Å². The van der Waals surface area contributed by atoms with E-state index in [-0.39, 0.29) is 17.1 Å². The molecule has 9 nitrogen and oxygen atoms in total. The molecule has 0 saturated heterocycles. The molecule has 0 saturated carbocycles. The van der Waals surface area contributed by atoms with Crippen molar-refractivity contribution in [2.24, 2.45) is 0 Å². The number of carbonyl (C=O) groups excluding carboxylic acids is 1. The average Bonchev–Trinajstić information content (AvgIpc) is 3.18. The van der Waals surface area contributed by atoms with Crippen molar-refractivity contribution in [3.8, 4) is 29.4 Å². The molecule has 2 aromatic carbocycles. The molecule has 186 valence electrons. The Morgan fingerprint density at radius 1 is 0.919 bits per heavy atom. The van der Waals surface area contributed by atoms with Crippen molar-refractivity contribution in [3.05, 3.63) is 70.8 Å². The predicted molar refractivity (Wildman–Crippen MR) is 136 cm³/mol. The van der Waals surface area contributed by atoms with Crippen molar-refractivity contribution in [1.82, 2.24) is 14.8 Å². The quantitative estimate of drug-likeness (QED) is 0.202. The van der Waals surface area contributed by atoms with E-state index < -0.39 is 5.97 Å². The zero-order chi connectivity index (χ0) is 26.2. The summed E-state index contributed by atoms with van der Waals surface area (Å²) < 4.78 is 18.0. The molecule has 9 heteroatoms. The molecular formula is C28H25N5O4. The molecule has 0 atom stereocenters. The Kier molecular flexibility index (Phi) is 7.97. The van der Waals surface area contributed by atoms with E-state index in [0.717, 1.165) is 38.1 Å². The van der Waals surface area contributed by atoms with Gasteiger partial charge in [-0.25, -0.2) is 4.79 Å². The first-order valence-corrected chi connectivity index (χ1v) is 11.8. The van der Waals surface area contributed by atoms with E-state index in [1.165, 1.54) is 13.2 Å². The third-order valence-electron chi connectivity index (χ3n) is 5.94.